The topological polar surface area (TPSA) is 17.1 Å². The van der Waals surface area contributed by atoms with Crippen LogP contribution in [0.2, 0.25) is 0 Å². The van der Waals surface area contributed by atoms with Crippen LogP contribution in [-0.2, 0) is 0 Å². The Morgan fingerprint density at radius 1 is 1.12 bits per heavy atom. The van der Waals surface area contributed by atoms with Gasteiger partial charge in [-0.15, -0.1) is 0 Å². The summed E-state index contributed by atoms with van der Waals surface area (Å²) in [5.41, 5.74) is 3.26. The van der Waals surface area contributed by atoms with E-state index in [1.165, 1.54) is 5.56 Å². The first-order valence-corrected chi connectivity index (χ1v) is 6.71. The minimum Gasteiger partial charge on any atom is -0.294 e. The zero-order chi connectivity index (χ0) is 12.8. The van der Waals surface area contributed by atoms with E-state index in [1.807, 2.05) is 19.1 Å². The number of hydrogen-bond acceptors (Lipinski definition) is 1. The van der Waals surface area contributed by atoms with Gasteiger partial charge >= 0.3 is 0 Å². The Labute approximate surface area is 105 Å². The fourth-order valence-corrected chi connectivity index (χ4v) is 2.41. The summed E-state index contributed by atoms with van der Waals surface area (Å²) in [6.07, 6.45) is 4.20. The number of rotatable bonds is 6. The number of hydrogen-bond donors (Lipinski definition) is 0. The molecule has 94 valence electrons. The molecule has 0 N–H and O–H groups in total. The summed E-state index contributed by atoms with van der Waals surface area (Å²) in [6, 6.07) is 6.13. The highest BCUT2D eigenvalue weighted by atomic mass is 16.1. The van der Waals surface area contributed by atoms with Crippen LogP contribution in [0.4, 0.5) is 0 Å². The van der Waals surface area contributed by atoms with Crippen molar-refractivity contribution in [1.82, 2.24) is 0 Å². The van der Waals surface area contributed by atoms with Crippen molar-refractivity contribution in [3.63, 3.8) is 0 Å². The normalized spacial score (nSPS) is 10.9. The second kappa shape index (κ2) is 6.58. The van der Waals surface area contributed by atoms with Gasteiger partial charge in [-0.3, -0.25) is 4.79 Å². The molecule has 0 heterocycles. The third-order valence-corrected chi connectivity index (χ3v) is 3.29. The molecule has 0 unspecified atom stereocenters. The first kappa shape index (κ1) is 14.0. The van der Waals surface area contributed by atoms with Crippen LogP contribution in [0.25, 0.3) is 0 Å². The Hall–Kier alpha value is -1.11. The molecule has 0 saturated heterocycles. The number of Topliss-reactive ketones (excluding diaryl/α,β-unsaturated/α-hetero) is 1. The van der Waals surface area contributed by atoms with Crippen LogP contribution in [0.1, 0.15) is 61.0 Å². The molecule has 0 aliphatic rings. The van der Waals surface area contributed by atoms with Crippen LogP contribution in [0, 0.1) is 19.8 Å². The maximum Gasteiger partial charge on any atom is 0.166 e. The second-order valence-corrected chi connectivity index (χ2v) is 4.96. The molecule has 0 aromatic heterocycles. The Balaban J connectivity index is 2.92. The molecule has 17 heavy (non-hydrogen) atoms. The van der Waals surface area contributed by atoms with Crippen molar-refractivity contribution in [2.75, 3.05) is 0 Å². The summed E-state index contributed by atoms with van der Waals surface area (Å²) in [5.74, 6) is 0.553. The molecule has 1 heteroatoms. The summed E-state index contributed by atoms with van der Waals surface area (Å²) >= 11 is 0. The van der Waals surface area contributed by atoms with Gasteiger partial charge in [-0.25, -0.2) is 0 Å². The maximum absolute atomic E-state index is 12.5. The monoisotopic (exact) mass is 232 g/mol. The lowest BCUT2D eigenvalue weighted by atomic mass is 9.88. The number of carbonyl (C=O) groups excluding carboxylic acids is 1. The van der Waals surface area contributed by atoms with E-state index in [-0.39, 0.29) is 5.92 Å². The standard InChI is InChI=1S/C16H24O/c1-5-7-14(8-6-2)16(17)15-10-9-12(3)11-13(15)4/h9-11,14H,5-8H2,1-4H3. The molecule has 1 aromatic rings. The molecular formula is C16H24O. The van der Waals surface area contributed by atoms with Crippen LogP contribution in [0.3, 0.4) is 0 Å². The molecule has 0 bridgehead atoms. The van der Waals surface area contributed by atoms with Gasteiger partial charge in [0, 0.05) is 11.5 Å². The lowest BCUT2D eigenvalue weighted by molar-refractivity contribution is 0.0904. The molecule has 1 aromatic carbocycles. The van der Waals surface area contributed by atoms with Crippen molar-refractivity contribution < 1.29 is 4.79 Å². The molecular weight excluding hydrogens is 208 g/mol. The van der Waals surface area contributed by atoms with Crippen molar-refractivity contribution in [3.8, 4) is 0 Å². The first-order chi connectivity index (χ1) is 8.10. The van der Waals surface area contributed by atoms with Crippen LogP contribution in [0.5, 0.6) is 0 Å². The highest BCUT2D eigenvalue weighted by Crippen LogP contribution is 2.22. The van der Waals surface area contributed by atoms with E-state index < -0.39 is 0 Å². The summed E-state index contributed by atoms with van der Waals surface area (Å²) in [6.45, 7) is 8.40. The molecule has 0 radical (unpaired) electrons. The van der Waals surface area contributed by atoms with E-state index in [0.29, 0.717) is 5.78 Å². The minimum absolute atomic E-state index is 0.214. The predicted octanol–water partition coefficient (Wildman–Crippen LogP) is 4.70. The van der Waals surface area contributed by atoms with E-state index in [4.69, 9.17) is 0 Å². The zero-order valence-corrected chi connectivity index (χ0v) is 11.5. The average Bonchev–Trinajstić information content (AvgIpc) is 2.28. The Morgan fingerprint density at radius 2 is 1.71 bits per heavy atom. The lowest BCUT2D eigenvalue weighted by Gasteiger charge is -2.15. The van der Waals surface area contributed by atoms with Crippen LogP contribution in [-0.4, -0.2) is 5.78 Å². The van der Waals surface area contributed by atoms with Crippen molar-refractivity contribution >= 4 is 5.78 Å². The maximum atomic E-state index is 12.5. The molecule has 0 fully saturated rings. The molecule has 0 aliphatic heterocycles. The quantitative estimate of drug-likeness (QED) is 0.650. The van der Waals surface area contributed by atoms with Gasteiger partial charge in [0.05, 0.1) is 0 Å². The third-order valence-electron chi connectivity index (χ3n) is 3.29. The van der Waals surface area contributed by atoms with Gasteiger partial charge in [-0.2, -0.15) is 0 Å². The number of aryl methyl sites for hydroxylation is 2. The van der Waals surface area contributed by atoms with Crippen LogP contribution < -0.4 is 0 Å². The largest absolute Gasteiger partial charge is 0.294 e. The Kier molecular flexibility index (Phi) is 5.40. The summed E-state index contributed by atoms with van der Waals surface area (Å²) < 4.78 is 0. The number of ketones is 1. The molecule has 1 nitrogen and oxygen atoms in total. The summed E-state index contributed by atoms with van der Waals surface area (Å²) in [4.78, 5) is 12.5. The fraction of sp³-hybridized carbons (Fsp3) is 0.562. The highest BCUT2D eigenvalue weighted by molar-refractivity contribution is 5.99. The van der Waals surface area contributed by atoms with Crippen LogP contribution >= 0.6 is 0 Å². The summed E-state index contributed by atoms with van der Waals surface area (Å²) in [5, 5.41) is 0. The Morgan fingerprint density at radius 3 is 2.18 bits per heavy atom. The molecule has 1 rings (SSSR count). The zero-order valence-electron chi connectivity index (χ0n) is 11.5. The molecule has 0 saturated carbocycles. The van der Waals surface area contributed by atoms with E-state index in [1.54, 1.807) is 0 Å². The van der Waals surface area contributed by atoms with Gasteiger partial charge < -0.3 is 0 Å². The molecule has 0 aliphatic carbocycles. The smallest absolute Gasteiger partial charge is 0.166 e. The number of carbonyl (C=O) groups is 1. The first-order valence-electron chi connectivity index (χ1n) is 6.71. The van der Waals surface area contributed by atoms with Gasteiger partial charge in [-0.1, -0.05) is 50.5 Å². The Bertz CT molecular complexity index is 373. The second-order valence-electron chi connectivity index (χ2n) is 4.96. The third kappa shape index (κ3) is 3.69. The fourth-order valence-electron chi connectivity index (χ4n) is 2.41. The van der Waals surface area contributed by atoms with Gasteiger partial charge in [-0.05, 0) is 32.3 Å². The lowest BCUT2D eigenvalue weighted by Crippen LogP contribution is -2.15. The van der Waals surface area contributed by atoms with Crippen molar-refractivity contribution in [2.45, 2.75) is 53.4 Å². The van der Waals surface area contributed by atoms with E-state index >= 15 is 0 Å². The van der Waals surface area contributed by atoms with Gasteiger partial charge in [0.2, 0.25) is 0 Å². The van der Waals surface area contributed by atoms with Gasteiger partial charge in [0.15, 0.2) is 5.78 Å². The summed E-state index contributed by atoms with van der Waals surface area (Å²) in [7, 11) is 0. The SMILES string of the molecule is CCCC(CCC)C(=O)c1ccc(C)cc1C. The molecule has 0 spiro atoms. The van der Waals surface area contributed by atoms with E-state index in [2.05, 4.69) is 26.8 Å². The molecule has 0 amide bonds. The highest BCUT2D eigenvalue weighted by Gasteiger charge is 2.19. The van der Waals surface area contributed by atoms with Crippen molar-refractivity contribution in [3.05, 3.63) is 34.9 Å². The predicted molar refractivity (Wildman–Crippen MR) is 73.6 cm³/mol. The van der Waals surface area contributed by atoms with Gasteiger partial charge in [0.1, 0.15) is 0 Å². The van der Waals surface area contributed by atoms with Gasteiger partial charge in [0.25, 0.3) is 0 Å². The molecule has 0 atom stereocenters. The minimum atomic E-state index is 0.214. The van der Waals surface area contributed by atoms with Crippen LogP contribution in [0.15, 0.2) is 18.2 Å². The van der Waals surface area contributed by atoms with E-state index in [9.17, 15) is 4.79 Å². The number of benzene rings is 1. The average molecular weight is 232 g/mol. The van der Waals surface area contributed by atoms with Crippen molar-refractivity contribution in [2.24, 2.45) is 5.92 Å². The van der Waals surface area contributed by atoms with Crippen molar-refractivity contribution in [1.29, 1.82) is 0 Å². The van der Waals surface area contributed by atoms with E-state index in [0.717, 1.165) is 36.8 Å².